The van der Waals surface area contributed by atoms with Gasteiger partial charge in [-0.15, -0.1) is 0 Å². The first kappa shape index (κ1) is 41.8. The summed E-state index contributed by atoms with van der Waals surface area (Å²) in [6.45, 7) is 11.7. The van der Waals surface area contributed by atoms with E-state index in [2.05, 4.69) is 78.4 Å². The lowest BCUT2D eigenvalue weighted by Gasteiger charge is -2.34. The molecule has 7 rings (SSSR count). The fraction of sp³-hybridized carbons (Fsp3) is 0.378. The molecule has 2 saturated heterocycles. The summed E-state index contributed by atoms with van der Waals surface area (Å²) < 4.78 is 19.8. The van der Waals surface area contributed by atoms with Crippen LogP contribution in [-0.4, -0.2) is 103 Å². The lowest BCUT2D eigenvalue weighted by atomic mass is 10.0. The van der Waals surface area contributed by atoms with Gasteiger partial charge in [-0.25, -0.2) is 9.37 Å². The van der Waals surface area contributed by atoms with E-state index >= 15 is 0 Å². The third-order valence-corrected chi connectivity index (χ3v) is 11.2. The van der Waals surface area contributed by atoms with Crippen molar-refractivity contribution in [1.82, 2.24) is 30.1 Å². The molecule has 3 aromatic carbocycles. The summed E-state index contributed by atoms with van der Waals surface area (Å²) in [4.78, 5) is 45.6. The summed E-state index contributed by atoms with van der Waals surface area (Å²) in [5, 5.41) is 6.69. The fourth-order valence-corrected chi connectivity index (χ4v) is 8.06. The number of carbonyl (C=O) groups is 2. The van der Waals surface area contributed by atoms with E-state index in [1.807, 2.05) is 36.2 Å². The van der Waals surface area contributed by atoms with Crippen molar-refractivity contribution in [2.24, 2.45) is 0 Å². The minimum atomic E-state index is -0.460. The van der Waals surface area contributed by atoms with Gasteiger partial charge in [-0.1, -0.05) is 48.5 Å². The average Bonchev–Trinajstić information content (AvgIpc) is 3.64. The van der Waals surface area contributed by atoms with E-state index in [0.29, 0.717) is 35.1 Å². The zero-order valence-electron chi connectivity index (χ0n) is 33.9. The molecule has 2 fully saturated rings. The quantitative estimate of drug-likeness (QED) is 0.0605. The Balaban J connectivity index is 0.781. The van der Waals surface area contributed by atoms with Crippen molar-refractivity contribution in [2.45, 2.75) is 51.1 Å². The molecule has 59 heavy (non-hydrogen) atoms. The van der Waals surface area contributed by atoms with Gasteiger partial charge in [-0.3, -0.25) is 19.8 Å². The summed E-state index contributed by atoms with van der Waals surface area (Å²) in [6.07, 6.45) is 10.2. The Hall–Kier alpha value is -5.34. The molecule has 12 nitrogen and oxygen atoms in total. The molecule has 2 aliphatic heterocycles. The van der Waals surface area contributed by atoms with E-state index in [4.69, 9.17) is 16.3 Å². The second-order valence-electron chi connectivity index (χ2n) is 15.5. The first-order valence-electron chi connectivity index (χ1n) is 20.4. The maximum absolute atomic E-state index is 13.8. The summed E-state index contributed by atoms with van der Waals surface area (Å²) in [5.41, 5.74) is 7.69. The molecule has 2 aliphatic rings. The number of benzene rings is 3. The molecule has 1 unspecified atom stereocenters. The number of hydrogen-bond acceptors (Lipinski definition) is 10. The number of halogens is 2. The van der Waals surface area contributed by atoms with Crippen LogP contribution in [0, 0.1) is 5.82 Å². The molecule has 3 N–H and O–H groups in total. The van der Waals surface area contributed by atoms with Gasteiger partial charge in [0.25, 0.3) is 0 Å². The van der Waals surface area contributed by atoms with Crippen molar-refractivity contribution in [3.63, 3.8) is 0 Å². The van der Waals surface area contributed by atoms with Crippen LogP contribution in [0.5, 0.6) is 0 Å². The topological polar surface area (TPSA) is 122 Å². The lowest BCUT2D eigenvalue weighted by Crippen LogP contribution is -2.51. The van der Waals surface area contributed by atoms with Gasteiger partial charge in [0, 0.05) is 101 Å². The first-order valence-corrected chi connectivity index (χ1v) is 20.7. The van der Waals surface area contributed by atoms with Gasteiger partial charge in [0.1, 0.15) is 17.5 Å². The van der Waals surface area contributed by atoms with Crippen LogP contribution in [0.3, 0.4) is 0 Å². The van der Waals surface area contributed by atoms with Crippen LogP contribution in [0.4, 0.5) is 27.4 Å². The van der Waals surface area contributed by atoms with Gasteiger partial charge in [-0.2, -0.15) is 4.98 Å². The number of aryl methyl sites for hydroxylation is 1. The molecule has 0 saturated carbocycles. The number of piperidine rings is 1. The molecule has 0 spiro atoms. The standard InChI is InChI=1S/C45H53ClFN9O3/c1-4-56(40-15-16-42(57)51-44(40)58)39-14-11-31(24-41(39)53(2)3)8-7-23-59-22-6-5-17-54-18-20-55(21-19-54)30-32-9-12-33(13-10-32)37-28-48-43-38(37)29-49-45(52-43)50-36-26-34(46)25-35(47)27-36/h4,9-14,24-29,40H,1,5-8,15-23,30H2,2-3H3,(H,51,57,58)(H2,48,49,50,52). The van der Waals surface area contributed by atoms with E-state index in [-0.39, 0.29) is 11.8 Å². The van der Waals surface area contributed by atoms with Crippen LogP contribution in [-0.2, 0) is 27.3 Å². The number of amides is 2. The average molecular weight is 822 g/mol. The van der Waals surface area contributed by atoms with Crippen molar-refractivity contribution in [2.75, 3.05) is 75.1 Å². The number of piperazine rings is 1. The van der Waals surface area contributed by atoms with E-state index < -0.39 is 11.9 Å². The summed E-state index contributed by atoms with van der Waals surface area (Å²) >= 11 is 5.99. The molecule has 2 aromatic heterocycles. The Kier molecular flexibility index (Phi) is 13.9. The molecule has 5 aromatic rings. The van der Waals surface area contributed by atoms with Crippen LogP contribution in [0.15, 0.2) is 85.8 Å². The number of ether oxygens (including phenoxy) is 1. The van der Waals surface area contributed by atoms with Crippen molar-refractivity contribution in [3.05, 3.63) is 108 Å². The Morgan fingerprint density at radius 2 is 1.73 bits per heavy atom. The fourth-order valence-electron chi connectivity index (χ4n) is 7.84. The second-order valence-corrected chi connectivity index (χ2v) is 15.9. The van der Waals surface area contributed by atoms with Crippen molar-refractivity contribution < 1.29 is 18.7 Å². The number of H-pyrrole nitrogens is 1. The summed E-state index contributed by atoms with van der Waals surface area (Å²) in [7, 11) is 3.99. The smallest absolute Gasteiger partial charge is 0.249 e. The monoisotopic (exact) mass is 821 g/mol. The van der Waals surface area contributed by atoms with Crippen molar-refractivity contribution >= 4 is 57.5 Å². The number of unbranched alkanes of at least 4 members (excludes halogenated alkanes) is 1. The predicted molar refractivity (Wildman–Crippen MR) is 234 cm³/mol. The molecular weight excluding hydrogens is 769 g/mol. The van der Waals surface area contributed by atoms with Gasteiger partial charge < -0.3 is 29.7 Å². The largest absolute Gasteiger partial charge is 0.381 e. The number of rotatable bonds is 18. The van der Waals surface area contributed by atoms with Crippen LogP contribution >= 0.6 is 11.6 Å². The van der Waals surface area contributed by atoms with Crippen molar-refractivity contribution in [3.8, 4) is 11.1 Å². The third-order valence-electron chi connectivity index (χ3n) is 11.0. The maximum Gasteiger partial charge on any atom is 0.249 e. The Bertz CT molecular complexity index is 2220. The summed E-state index contributed by atoms with van der Waals surface area (Å²) in [5.74, 6) is -0.588. The molecule has 0 radical (unpaired) electrons. The number of hydrogen-bond donors (Lipinski definition) is 3. The predicted octanol–water partition coefficient (Wildman–Crippen LogP) is 7.53. The minimum Gasteiger partial charge on any atom is -0.381 e. The number of carbonyl (C=O) groups excluding carboxylic acids is 2. The molecule has 310 valence electrons. The lowest BCUT2D eigenvalue weighted by molar-refractivity contribution is -0.134. The molecule has 1 atom stereocenters. The first-order chi connectivity index (χ1) is 28.6. The van der Waals surface area contributed by atoms with Crippen LogP contribution < -0.4 is 20.4 Å². The van der Waals surface area contributed by atoms with Gasteiger partial charge in [-0.05, 0) is 91.9 Å². The number of aromatic amines is 1. The highest BCUT2D eigenvalue weighted by Gasteiger charge is 2.32. The molecule has 2 amide bonds. The zero-order valence-corrected chi connectivity index (χ0v) is 34.6. The van der Waals surface area contributed by atoms with Crippen LogP contribution in [0.1, 0.15) is 43.2 Å². The third kappa shape index (κ3) is 10.8. The van der Waals surface area contributed by atoms with Crippen LogP contribution in [0.25, 0.3) is 22.2 Å². The van der Waals surface area contributed by atoms with Crippen LogP contribution in [0.2, 0.25) is 5.02 Å². The Labute approximate surface area is 350 Å². The van der Waals surface area contributed by atoms with E-state index in [1.54, 1.807) is 18.5 Å². The van der Waals surface area contributed by atoms with Gasteiger partial charge >= 0.3 is 0 Å². The molecule has 4 heterocycles. The number of fused-ring (bicyclic) bond motifs is 1. The van der Waals surface area contributed by atoms with E-state index in [9.17, 15) is 14.0 Å². The number of imide groups is 1. The number of nitrogens with zero attached hydrogens (tertiary/aromatic N) is 6. The Morgan fingerprint density at radius 3 is 2.47 bits per heavy atom. The van der Waals surface area contributed by atoms with E-state index in [1.165, 1.54) is 23.3 Å². The maximum atomic E-state index is 13.8. The number of nitrogens with one attached hydrogen (secondary N) is 3. The highest BCUT2D eigenvalue weighted by atomic mass is 35.5. The van der Waals surface area contributed by atoms with Gasteiger partial charge in [0.15, 0.2) is 0 Å². The molecule has 0 aliphatic carbocycles. The number of aromatic nitrogens is 3. The normalized spacial score (nSPS) is 16.3. The SMILES string of the molecule is C=CN(c1ccc(CCCOCCCCN2CCN(Cc3ccc(-c4c[nH]c5nc(Nc6cc(F)cc(Cl)c6)ncc45)cc3)CC2)cc1N(C)C)C1CCC(=O)NC1=O. The Morgan fingerprint density at radius 1 is 0.966 bits per heavy atom. The van der Waals surface area contributed by atoms with E-state index in [0.717, 1.165) is 106 Å². The summed E-state index contributed by atoms with van der Waals surface area (Å²) in [6, 6.07) is 18.8. The minimum absolute atomic E-state index is 0.227. The molecule has 0 bridgehead atoms. The molecular formula is C45H53ClFN9O3. The zero-order chi connectivity index (χ0) is 41.3. The van der Waals surface area contributed by atoms with Gasteiger partial charge in [0.05, 0.1) is 11.4 Å². The second kappa shape index (κ2) is 19.6. The highest BCUT2D eigenvalue weighted by Crippen LogP contribution is 2.33. The van der Waals surface area contributed by atoms with Crippen molar-refractivity contribution in [1.29, 1.82) is 0 Å². The van der Waals surface area contributed by atoms with Gasteiger partial charge in [0.2, 0.25) is 17.8 Å². The number of anilines is 4. The highest BCUT2D eigenvalue weighted by molar-refractivity contribution is 6.30. The molecule has 14 heteroatoms.